The van der Waals surface area contributed by atoms with Gasteiger partial charge in [-0.3, -0.25) is 0 Å². The van der Waals surface area contributed by atoms with Gasteiger partial charge in [0.2, 0.25) is 0 Å². The summed E-state index contributed by atoms with van der Waals surface area (Å²) in [6.45, 7) is 5.98. The highest BCUT2D eigenvalue weighted by molar-refractivity contribution is 7.99. The molecule has 0 amide bonds. The van der Waals surface area contributed by atoms with E-state index in [0.717, 1.165) is 10.6 Å². The van der Waals surface area contributed by atoms with E-state index < -0.39 is 6.10 Å². The summed E-state index contributed by atoms with van der Waals surface area (Å²) in [7, 11) is 0. The number of aliphatic hydroxyl groups excluding tert-OH is 1. The van der Waals surface area contributed by atoms with Crippen molar-refractivity contribution in [2.75, 3.05) is 0 Å². The maximum absolute atomic E-state index is 9.56. The molecule has 0 aliphatic carbocycles. The molecule has 0 saturated heterocycles. The Kier molecular flexibility index (Phi) is 4.04. The molecule has 94 valence electrons. The maximum atomic E-state index is 9.56. The molecule has 3 heteroatoms. The van der Waals surface area contributed by atoms with Crippen molar-refractivity contribution in [3.63, 3.8) is 0 Å². The Hall–Kier alpha value is -1.32. The van der Waals surface area contributed by atoms with Crippen LogP contribution in [0.4, 0.5) is 0 Å². The van der Waals surface area contributed by atoms with Gasteiger partial charge in [-0.2, -0.15) is 0 Å². The predicted octanol–water partition coefficient (Wildman–Crippen LogP) is 3.90. The van der Waals surface area contributed by atoms with Gasteiger partial charge >= 0.3 is 0 Å². The van der Waals surface area contributed by atoms with Crippen molar-refractivity contribution in [2.45, 2.75) is 36.8 Å². The molecule has 0 fully saturated rings. The topological polar surface area (TPSA) is 33.1 Å². The molecule has 0 aliphatic heterocycles. The van der Waals surface area contributed by atoms with E-state index in [1.165, 1.54) is 16.0 Å². The normalized spacial score (nSPS) is 12.4. The molecule has 1 N–H and O–H groups in total. The molecule has 0 saturated carbocycles. The Bertz CT molecular complexity index is 552. The summed E-state index contributed by atoms with van der Waals surface area (Å²) in [6, 6.07) is 10.2. The molecular weight excluding hydrogens is 242 g/mol. The lowest BCUT2D eigenvalue weighted by Gasteiger charge is -2.07. The summed E-state index contributed by atoms with van der Waals surface area (Å²) in [5, 5.41) is 10.5. The summed E-state index contributed by atoms with van der Waals surface area (Å²) in [5.41, 5.74) is 3.48. The second-order valence-corrected chi connectivity index (χ2v) is 5.55. The van der Waals surface area contributed by atoms with Crippen LogP contribution in [0.2, 0.25) is 0 Å². The van der Waals surface area contributed by atoms with Gasteiger partial charge in [0.25, 0.3) is 0 Å². The average molecular weight is 259 g/mol. The molecule has 2 nitrogen and oxygen atoms in total. The Morgan fingerprint density at radius 3 is 2.56 bits per heavy atom. The van der Waals surface area contributed by atoms with Crippen LogP contribution < -0.4 is 0 Å². The lowest BCUT2D eigenvalue weighted by atomic mass is 10.1. The molecule has 1 heterocycles. The first-order chi connectivity index (χ1) is 8.56. The van der Waals surface area contributed by atoms with E-state index in [-0.39, 0.29) is 0 Å². The Labute approximate surface area is 112 Å². The van der Waals surface area contributed by atoms with Gasteiger partial charge in [0.1, 0.15) is 5.03 Å². The van der Waals surface area contributed by atoms with Crippen LogP contribution in [0, 0.1) is 13.8 Å². The van der Waals surface area contributed by atoms with E-state index in [2.05, 4.69) is 37.0 Å². The first-order valence-corrected chi connectivity index (χ1v) is 6.77. The average Bonchev–Trinajstić information content (AvgIpc) is 2.34. The quantitative estimate of drug-likeness (QED) is 0.907. The van der Waals surface area contributed by atoms with E-state index in [1.54, 1.807) is 24.9 Å². The number of pyridine rings is 1. The fourth-order valence-corrected chi connectivity index (χ4v) is 2.56. The lowest BCUT2D eigenvalue weighted by molar-refractivity contribution is 0.199. The summed E-state index contributed by atoms with van der Waals surface area (Å²) in [5.74, 6) is 0. The van der Waals surface area contributed by atoms with Gasteiger partial charge < -0.3 is 5.11 Å². The van der Waals surface area contributed by atoms with Gasteiger partial charge in [-0.1, -0.05) is 17.8 Å². The first kappa shape index (κ1) is 13.1. The van der Waals surface area contributed by atoms with Crippen LogP contribution in [0.1, 0.15) is 29.7 Å². The van der Waals surface area contributed by atoms with Gasteiger partial charge in [0, 0.05) is 11.1 Å². The number of aliphatic hydroxyl groups is 1. The second-order valence-electron chi connectivity index (χ2n) is 4.45. The molecule has 1 atom stereocenters. The third-order valence-electron chi connectivity index (χ3n) is 2.94. The highest BCUT2D eigenvalue weighted by Crippen LogP contribution is 2.28. The van der Waals surface area contributed by atoms with Crippen LogP contribution in [0.25, 0.3) is 0 Å². The maximum Gasteiger partial charge on any atom is 0.101 e. The van der Waals surface area contributed by atoms with E-state index in [9.17, 15) is 5.11 Å². The smallest absolute Gasteiger partial charge is 0.101 e. The van der Waals surface area contributed by atoms with Crippen molar-refractivity contribution in [1.29, 1.82) is 0 Å². The van der Waals surface area contributed by atoms with Crippen molar-refractivity contribution in [3.05, 3.63) is 53.2 Å². The minimum atomic E-state index is -0.452. The zero-order valence-electron chi connectivity index (χ0n) is 10.8. The number of hydrogen-bond acceptors (Lipinski definition) is 3. The molecule has 2 aromatic rings. The molecule has 0 spiro atoms. The van der Waals surface area contributed by atoms with Crippen molar-refractivity contribution in [3.8, 4) is 0 Å². The molecule has 0 radical (unpaired) electrons. The molecule has 0 unspecified atom stereocenters. The highest BCUT2D eigenvalue weighted by Gasteiger charge is 2.05. The van der Waals surface area contributed by atoms with Gasteiger partial charge in [0.15, 0.2) is 0 Å². The van der Waals surface area contributed by atoms with Crippen LogP contribution in [0.3, 0.4) is 0 Å². The van der Waals surface area contributed by atoms with Crippen molar-refractivity contribution >= 4 is 11.8 Å². The third kappa shape index (κ3) is 3.12. The van der Waals surface area contributed by atoms with Crippen molar-refractivity contribution in [1.82, 2.24) is 4.98 Å². The highest BCUT2D eigenvalue weighted by atomic mass is 32.2. The number of benzene rings is 1. The molecule has 1 aromatic heterocycles. The van der Waals surface area contributed by atoms with E-state index in [1.807, 2.05) is 12.1 Å². The van der Waals surface area contributed by atoms with E-state index in [0.29, 0.717) is 0 Å². The fraction of sp³-hybridized carbons (Fsp3) is 0.267. The van der Waals surface area contributed by atoms with Gasteiger partial charge in [-0.05, 0) is 61.7 Å². The first-order valence-electron chi connectivity index (χ1n) is 5.95. The molecule has 0 aliphatic rings. The SMILES string of the molecule is Cc1ccc(Sc2cc([C@H](C)O)ccn2)cc1C. The summed E-state index contributed by atoms with van der Waals surface area (Å²) in [4.78, 5) is 5.50. The monoisotopic (exact) mass is 259 g/mol. The van der Waals surface area contributed by atoms with Crippen LogP contribution in [-0.2, 0) is 0 Å². The molecular formula is C15H17NOS. The molecule has 0 bridgehead atoms. The number of aromatic nitrogens is 1. The summed E-state index contributed by atoms with van der Waals surface area (Å²) >= 11 is 1.62. The van der Waals surface area contributed by atoms with Gasteiger partial charge in [0.05, 0.1) is 6.10 Å². The molecule has 2 rings (SSSR count). The summed E-state index contributed by atoms with van der Waals surface area (Å²) in [6.07, 6.45) is 1.29. The third-order valence-corrected chi connectivity index (χ3v) is 3.86. The minimum Gasteiger partial charge on any atom is -0.389 e. The number of rotatable bonds is 3. The molecule has 1 aromatic carbocycles. The van der Waals surface area contributed by atoms with E-state index in [4.69, 9.17) is 0 Å². The van der Waals surface area contributed by atoms with Crippen molar-refractivity contribution in [2.24, 2.45) is 0 Å². The van der Waals surface area contributed by atoms with Crippen LogP contribution in [0.15, 0.2) is 46.5 Å². The number of nitrogens with zero attached hydrogens (tertiary/aromatic N) is 1. The number of hydrogen-bond donors (Lipinski definition) is 1. The standard InChI is InChI=1S/C15H17NOS/c1-10-4-5-14(8-11(10)2)18-15-9-13(12(3)17)6-7-16-15/h4-9,12,17H,1-3H3/t12-/m0/s1. The minimum absolute atomic E-state index is 0.452. The second kappa shape index (κ2) is 5.55. The summed E-state index contributed by atoms with van der Waals surface area (Å²) < 4.78 is 0. The lowest BCUT2D eigenvalue weighted by Crippen LogP contribution is -1.92. The Morgan fingerprint density at radius 1 is 1.11 bits per heavy atom. The van der Waals surface area contributed by atoms with Gasteiger partial charge in [-0.25, -0.2) is 4.98 Å². The van der Waals surface area contributed by atoms with Crippen LogP contribution in [0.5, 0.6) is 0 Å². The largest absolute Gasteiger partial charge is 0.389 e. The van der Waals surface area contributed by atoms with E-state index >= 15 is 0 Å². The molecule has 18 heavy (non-hydrogen) atoms. The Balaban J connectivity index is 2.23. The zero-order chi connectivity index (χ0) is 13.1. The van der Waals surface area contributed by atoms with Crippen LogP contribution in [-0.4, -0.2) is 10.1 Å². The van der Waals surface area contributed by atoms with Gasteiger partial charge in [-0.15, -0.1) is 0 Å². The van der Waals surface area contributed by atoms with Crippen LogP contribution >= 0.6 is 11.8 Å². The van der Waals surface area contributed by atoms with Crippen molar-refractivity contribution < 1.29 is 5.11 Å². The fourth-order valence-electron chi connectivity index (χ4n) is 1.64. The number of aryl methyl sites for hydroxylation is 2. The predicted molar refractivity (Wildman–Crippen MR) is 74.9 cm³/mol. The Morgan fingerprint density at radius 2 is 1.89 bits per heavy atom. The zero-order valence-corrected chi connectivity index (χ0v) is 11.7.